The van der Waals surface area contributed by atoms with Crippen LogP contribution in [0.2, 0.25) is 0 Å². The summed E-state index contributed by atoms with van der Waals surface area (Å²) in [5.41, 5.74) is 30.4. The van der Waals surface area contributed by atoms with Crippen LogP contribution in [0.4, 0.5) is 28.4 Å². The third kappa shape index (κ3) is 22.4. The van der Waals surface area contributed by atoms with Gasteiger partial charge in [0.05, 0.1) is 48.0 Å². The van der Waals surface area contributed by atoms with Crippen molar-refractivity contribution >= 4 is 97.4 Å². The summed E-state index contributed by atoms with van der Waals surface area (Å²) in [5, 5.41) is 43.4. The van der Waals surface area contributed by atoms with Crippen molar-refractivity contribution in [3.05, 3.63) is 328 Å². The zero-order valence-corrected chi connectivity index (χ0v) is 57.8. The Morgan fingerprint density at radius 1 is 0.343 bits per heavy atom. The number of halogens is 2. The van der Waals surface area contributed by atoms with Crippen molar-refractivity contribution in [2.24, 2.45) is 21.5 Å². The highest BCUT2D eigenvalue weighted by atomic mass is 35.5. The highest BCUT2D eigenvalue weighted by Gasteiger charge is 2.16. The van der Waals surface area contributed by atoms with Gasteiger partial charge in [-0.25, -0.2) is 0 Å². The SMILES string of the molecule is N#Cc1cccc(N)c1.N#Cc1cccc(NC(=O)c2ccc(-c3ccc(C(=O)Nc4cccc(C#N)c4)cc3)cc2)c1.NCCN.O=C(Cl)c1ccc(-c2ccc(C(=O)Cl)cc2)cc1.O=C(Nc1cccc(C2=NCCN2)c1)c1ccc(-c2ccc(C(=O)Nc3cccc(C4=NCCN4)c3)cc2)cc1. The first-order valence-corrected chi connectivity index (χ1v) is 33.5. The predicted octanol–water partition coefficient (Wildman–Crippen LogP) is 14.3. The number of nitrogens with zero attached hydrogens (tertiary/aromatic N) is 5. The Morgan fingerprint density at radius 2 is 0.600 bits per heavy atom. The summed E-state index contributed by atoms with van der Waals surface area (Å²) in [6.07, 6.45) is 0. The summed E-state index contributed by atoms with van der Waals surface area (Å²) in [7, 11) is 0. The molecule has 0 saturated heterocycles. The van der Waals surface area contributed by atoms with Gasteiger partial charge in [0, 0.05) is 99.1 Å². The number of nitrogens with two attached hydrogens (primary N) is 3. The number of carbonyl (C=O) groups is 6. The molecule has 0 spiro atoms. The molecule has 11 aromatic carbocycles. The third-order valence-corrected chi connectivity index (χ3v) is 16.1. The van der Waals surface area contributed by atoms with Crippen molar-refractivity contribution in [3.63, 3.8) is 0 Å². The van der Waals surface area contributed by atoms with Gasteiger partial charge in [-0.2, -0.15) is 15.8 Å². The zero-order valence-electron chi connectivity index (χ0n) is 56.3. The lowest BCUT2D eigenvalue weighted by Gasteiger charge is -2.10. The molecule has 520 valence electrons. The average Bonchev–Trinajstić information content (AvgIpc) is 1.65. The van der Waals surface area contributed by atoms with Gasteiger partial charge in [0.25, 0.3) is 34.1 Å². The maximum atomic E-state index is 12.8. The summed E-state index contributed by atoms with van der Waals surface area (Å²) in [6, 6.07) is 84.6. The number of amidine groups is 2. The molecule has 20 nitrogen and oxygen atoms in total. The van der Waals surface area contributed by atoms with Crippen molar-refractivity contribution in [1.82, 2.24) is 10.6 Å². The molecule has 0 saturated carbocycles. The van der Waals surface area contributed by atoms with E-state index in [4.69, 9.17) is 56.2 Å². The summed E-state index contributed by atoms with van der Waals surface area (Å²) in [6.45, 7) is 4.38. The fraction of sp³-hybridized carbons (Fsp3) is 0.0723. The Hall–Kier alpha value is -13.7. The molecule has 0 fully saturated rings. The first kappa shape index (κ1) is 75.5. The minimum atomic E-state index is -0.482. The summed E-state index contributed by atoms with van der Waals surface area (Å²) in [4.78, 5) is 81.5. The second-order valence-corrected chi connectivity index (χ2v) is 23.7. The highest BCUT2D eigenvalue weighted by molar-refractivity contribution is 6.68. The number of hydrogen-bond donors (Lipinski definition) is 9. The fourth-order valence-corrected chi connectivity index (χ4v) is 10.5. The van der Waals surface area contributed by atoms with Gasteiger partial charge in [-0.3, -0.25) is 38.8 Å². The molecule has 13 rings (SSSR count). The fourth-order valence-electron chi connectivity index (χ4n) is 10.3. The number of amides is 4. The maximum Gasteiger partial charge on any atom is 0.255 e. The Morgan fingerprint density at radius 3 is 0.838 bits per heavy atom. The van der Waals surface area contributed by atoms with E-state index in [9.17, 15) is 28.8 Å². The summed E-state index contributed by atoms with van der Waals surface area (Å²) < 4.78 is 0. The van der Waals surface area contributed by atoms with Crippen molar-refractivity contribution in [2.45, 2.75) is 0 Å². The van der Waals surface area contributed by atoms with Crippen LogP contribution in [0.5, 0.6) is 0 Å². The van der Waals surface area contributed by atoms with Gasteiger partial charge in [-0.05, 0) is 208 Å². The van der Waals surface area contributed by atoms with Gasteiger partial charge in [-0.1, -0.05) is 115 Å². The van der Waals surface area contributed by atoms with Crippen molar-refractivity contribution in [3.8, 4) is 51.6 Å². The molecule has 0 aliphatic carbocycles. The Labute approximate surface area is 616 Å². The number of benzene rings is 11. The lowest BCUT2D eigenvalue weighted by atomic mass is 10.0. The molecule has 12 N–H and O–H groups in total. The van der Waals surface area contributed by atoms with E-state index in [1.54, 1.807) is 170 Å². The minimum absolute atomic E-state index is 0.183. The minimum Gasteiger partial charge on any atom is -0.399 e. The van der Waals surface area contributed by atoms with Gasteiger partial charge in [0.1, 0.15) is 11.7 Å². The standard InChI is InChI=1S/C32H28N6O2.C28H18N4O2.C14H8Cl2O2.C7H6N2.C2H8N2/c39-31(37-27-5-1-3-25(19-27)29-33-15-16-34-29)23-11-7-21(8-12-23)22-9-13-24(14-10-22)32(40)38-28-6-2-4-26(20-28)30-35-17-18-36-30;29-17-19-3-1-5-25(15-19)31-27(33)23-11-7-21(8-12-23)22-9-13-24(14-10-22)28(34)32-26-6-2-4-20(16-26)18-30;15-13(17)11-5-1-9(2-6-11)10-3-7-12(8-4-10)14(16)18;8-5-6-2-1-3-7(9)4-6;3-1-2-4/h1-14,19-20H,15-18H2,(H,33,34)(H,35,36)(H,37,39)(H,38,40);1-16H,(H,31,33)(H,32,34);1-8H;1-4H,9H2;1-4H2. The molecule has 0 bridgehead atoms. The molecule has 0 atom stereocenters. The van der Waals surface area contributed by atoms with Crippen LogP contribution in [0.3, 0.4) is 0 Å². The van der Waals surface area contributed by atoms with E-state index in [1.165, 1.54) is 0 Å². The molecule has 22 heteroatoms. The van der Waals surface area contributed by atoms with E-state index in [0.717, 1.165) is 82.4 Å². The predicted molar refractivity (Wildman–Crippen MR) is 416 cm³/mol. The topological polar surface area (TPSA) is 349 Å². The monoisotopic (exact) mass is 1430 g/mol. The third-order valence-electron chi connectivity index (χ3n) is 15.6. The lowest BCUT2D eigenvalue weighted by Crippen LogP contribution is -2.19. The number of nitriles is 3. The quantitative estimate of drug-likeness (QED) is 0.0321. The number of nitrogen functional groups attached to an aromatic ring is 1. The molecular formula is C83H68Cl2N14O6. The second kappa shape index (κ2) is 38.2. The van der Waals surface area contributed by atoms with Crippen LogP contribution in [0, 0.1) is 34.0 Å². The van der Waals surface area contributed by atoms with Crippen LogP contribution in [-0.2, 0) is 0 Å². The number of hydrogen-bond acceptors (Lipinski definition) is 16. The Bertz CT molecular complexity index is 4820. The normalized spacial score (nSPS) is 11.3. The molecule has 0 unspecified atom stereocenters. The van der Waals surface area contributed by atoms with Crippen LogP contribution in [-0.4, -0.2) is 85.1 Å². The van der Waals surface area contributed by atoms with Gasteiger partial charge >= 0.3 is 0 Å². The van der Waals surface area contributed by atoms with Crippen LogP contribution in [0.25, 0.3) is 33.4 Å². The van der Waals surface area contributed by atoms with E-state index >= 15 is 0 Å². The molecule has 2 heterocycles. The van der Waals surface area contributed by atoms with E-state index in [1.807, 2.05) is 115 Å². The number of carbonyl (C=O) groups excluding carboxylic acids is 6. The van der Waals surface area contributed by atoms with E-state index in [0.29, 0.717) is 91.6 Å². The lowest BCUT2D eigenvalue weighted by molar-refractivity contribution is 0.101. The van der Waals surface area contributed by atoms with Crippen molar-refractivity contribution in [2.75, 3.05) is 66.3 Å². The second-order valence-electron chi connectivity index (χ2n) is 23.0. The van der Waals surface area contributed by atoms with Crippen LogP contribution in [0.15, 0.2) is 277 Å². The van der Waals surface area contributed by atoms with E-state index in [2.05, 4.69) is 41.9 Å². The van der Waals surface area contributed by atoms with E-state index in [-0.39, 0.29) is 23.6 Å². The van der Waals surface area contributed by atoms with Gasteiger partial charge in [0.2, 0.25) is 0 Å². The van der Waals surface area contributed by atoms with E-state index < -0.39 is 10.5 Å². The molecule has 0 aromatic heterocycles. The number of aliphatic imine (C=N–C) groups is 2. The Balaban J connectivity index is 0.000000176. The first-order chi connectivity index (χ1) is 51.0. The van der Waals surface area contributed by atoms with Crippen molar-refractivity contribution in [1.29, 1.82) is 15.8 Å². The average molecular weight is 1430 g/mol. The van der Waals surface area contributed by atoms with Crippen LogP contribution in [0.1, 0.15) is 90.0 Å². The zero-order chi connectivity index (χ0) is 74.5. The number of nitrogens with one attached hydrogen (secondary N) is 6. The molecule has 11 aromatic rings. The first-order valence-electron chi connectivity index (χ1n) is 32.7. The molecule has 4 amide bonds. The highest BCUT2D eigenvalue weighted by Crippen LogP contribution is 2.26. The van der Waals surface area contributed by atoms with Crippen LogP contribution < -0.4 is 49.1 Å². The molecular weight excluding hydrogens is 1360 g/mol. The van der Waals surface area contributed by atoms with Crippen molar-refractivity contribution < 1.29 is 28.8 Å². The largest absolute Gasteiger partial charge is 0.399 e. The maximum absolute atomic E-state index is 12.8. The molecule has 0 radical (unpaired) electrons. The number of rotatable bonds is 16. The van der Waals surface area contributed by atoms with Gasteiger partial charge in [0.15, 0.2) is 0 Å². The smallest absolute Gasteiger partial charge is 0.255 e. The van der Waals surface area contributed by atoms with Gasteiger partial charge < -0.3 is 49.1 Å². The summed E-state index contributed by atoms with van der Waals surface area (Å²) in [5.74, 6) is 0.799. The van der Waals surface area contributed by atoms with Gasteiger partial charge in [-0.15, -0.1) is 0 Å². The number of anilines is 5. The molecule has 2 aliphatic heterocycles. The Kier molecular flexibility index (Phi) is 27.5. The molecule has 2 aliphatic rings. The molecule has 105 heavy (non-hydrogen) atoms. The van der Waals surface area contributed by atoms with Crippen LogP contribution >= 0.6 is 23.2 Å². The summed E-state index contributed by atoms with van der Waals surface area (Å²) >= 11 is 10.7.